The highest BCUT2D eigenvalue weighted by Crippen LogP contribution is 2.28. The molecule has 1 heterocycles. The number of hydrazone groups is 1. The quantitative estimate of drug-likeness (QED) is 0.597. The van der Waals surface area contributed by atoms with E-state index in [4.69, 9.17) is 23.2 Å². The van der Waals surface area contributed by atoms with Crippen LogP contribution in [-0.4, -0.2) is 11.6 Å². The van der Waals surface area contributed by atoms with Gasteiger partial charge in [0, 0.05) is 14.5 Å². The van der Waals surface area contributed by atoms with E-state index in [0.29, 0.717) is 27.0 Å². The molecule has 1 aliphatic rings. The van der Waals surface area contributed by atoms with Crippen molar-refractivity contribution in [2.75, 3.05) is 5.01 Å². The van der Waals surface area contributed by atoms with Crippen LogP contribution in [0.25, 0.3) is 6.08 Å². The number of anilines is 1. The van der Waals surface area contributed by atoms with E-state index in [1.54, 1.807) is 31.2 Å². The molecule has 0 spiro atoms. The third kappa shape index (κ3) is 3.34. The van der Waals surface area contributed by atoms with Crippen molar-refractivity contribution in [2.24, 2.45) is 5.10 Å². The maximum atomic E-state index is 12.6. The molecule has 0 fully saturated rings. The normalized spacial score (nSPS) is 16.2. The van der Waals surface area contributed by atoms with Crippen LogP contribution < -0.4 is 5.01 Å². The van der Waals surface area contributed by atoms with Crippen LogP contribution >= 0.6 is 39.1 Å². The molecule has 1 aliphatic heterocycles. The fourth-order valence-corrected chi connectivity index (χ4v) is 2.94. The first kappa shape index (κ1) is 16.2. The molecule has 0 atom stereocenters. The van der Waals surface area contributed by atoms with Crippen LogP contribution in [0.2, 0.25) is 10.0 Å². The van der Waals surface area contributed by atoms with Gasteiger partial charge in [0.25, 0.3) is 5.91 Å². The van der Waals surface area contributed by atoms with Crippen LogP contribution in [0.15, 0.2) is 57.6 Å². The van der Waals surface area contributed by atoms with Gasteiger partial charge in [-0.25, -0.2) is 0 Å². The van der Waals surface area contributed by atoms with Crippen molar-refractivity contribution in [3.63, 3.8) is 0 Å². The molecule has 2 aromatic carbocycles. The molecule has 3 rings (SSSR count). The van der Waals surface area contributed by atoms with Gasteiger partial charge in [-0.3, -0.25) is 4.79 Å². The van der Waals surface area contributed by atoms with Gasteiger partial charge in [0.15, 0.2) is 0 Å². The monoisotopic (exact) mass is 408 g/mol. The zero-order valence-corrected chi connectivity index (χ0v) is 15.2. The Balaban J connectivity index is 1.96. The summed E-state index contributed by atoms with van der Waals surface area (Å²) in [5.74, 6) is -0.184. The van der Waals surface area contributed by atoms with Gasteiger partial charge in [0.1, 0.15) is 0 Å². The van der Waals surface area contributed by atoms with Gasteiger partial charge in [-0.1, -0.05) is 45.2 Å². The van der Waals surface area contributed by atoms with Gasteiger partial charge >= 0.3 is 0 Å². The van der Waals surface area contributed by atoms with Crippen LogP contribution in [0.3, 0.4) is 0 Å². The van der Waals surface area contributed by atoms with E-state index >= 15 is 0 Å². The summed E-state index contributed by atoms with van der Waals surface area (Å²) in [5, 5.41) is 6.77. The predicted molar refractivity (Wildman–Crippen MR) is 99.2 cm³/mol. The van der Waals surface area contributed by atoms with Crippen molar-refractivity contribution in [1.29, 1.82) is 0 Å². The first-order chi connectivity index (χ1) is 11.0. The molecule has 0 N–H and O–H groups in total. The average Bonchev–Trinajstić information content (AvgIpc) is 2.78. The van der Waals surface area contributed by atoms with E-state index in [1.807, 2.05) is 24.3 Å². The standard InChI is InChI=1S/C17H11BrCl2N2O/c1-10-15(8-11-2-5-13(19)9-16(11)20)17(23)22(21-10)14-6-3-12(18)4-7-14/h2-9H,1H3/b15-8-. The van der Waals surface area contributed by atoms with E-state index in [1.165, 1.54) is 5.01 Å². The minimum absolute atomic E-state index is 0.184. The minimum Gasteiger partial charge on any atom is -0.267 e. The molecular formula is C17H11BrCl2N2O. The van der Waals surface area contributed by atoms with Crippen molar-refractivity contribution in [2.45, 2.75) is 6.92 Å². The average molecular weight is 410 g/mol. The number of amides is 1. The zero-order valence-electron chi connectivity index (χ0n) is 12.1. The Kier molecular flexibility index (Phi) is 4.57. The second-order valence-electron chi connectivity index (χ2n) is 5.00. The number of rotatable bonds is 2. The van der Waals surface area contributed by atoms with Gasteiger partial charge < -0.3 is 0 Å². The molecule has 0 radical (unpaired) electrons. The van der Waals surface area contributed by atoms with Crippen LogP contribution in [-0.2, 0) is 4.79 Å². The summed E-state index contributed by atoms with van der Waals surface area (Å²) >= 11 is 15.4. The van der Waals surface area contributed by atoms with Crippen molar-refractivity contribution in [1.82, 2.24) is 0 Å². The third-order valence-corrected chi connectivity index (χ3v) is 4.49. The van der Waals surface area contributed by atoms with Crippen molar-refractivity contribution in [3.05, 3.63) is 68.1 Å². The molecule has 0 unspecified atom stereocenters. The minimum atomic E-state index is -0.184. The van der Waals surface area contributed by atoms with Crippen LogP contribution in [0.1, 0.15) is 12.5 Å². The van der Waals surface area contributed by atoms with Crippen molar-refractivity contribution >= 4 is 62.5 Å². The summed E-state index contributed by atoms with van der Waals surface area (Å²) in [5.41, 5.74) is 2.59. The van der Waals surface area contributed by atoms with Gasteiger partial charge in [-0.2, -0.15) is 10.1 Å². The smallest absolute Gasteiger partial charge is 0.267 e. The number of hydrogen-bond donors (Lipinski definition) is 0. The molecule has 1 amide bonds. The highest BCUT2D eigenvalue weighted by molar-refractivity contribution is 9.10. The third-order valence-electron chi connectivity index (χ3n) is 3.40. The van der Waals surface area contributed by atoms with Gasteiger partial charge in [0.05, 0.1) is 17.0 Å². The van der Waals surface area contributed by atoms with Crippen molar-refractivity contribution in [3.8, 4) is 0 Å². The highest BCUT2D eigenvalue weighted by Gasteiger charge is 2.28. The SMILES string of the molecule is CC1=NN(c2ccc(Br)cc2)C(=O)/C1=C\c1ccc(Cl)cc1Cl. The van der Waals surface area contributed by atoms with E-state index in [2.05, 4.69) is 21.0 Å². The largest absolute Gasteiger partial charge is 0.280 e. The molecular weight excluding hydrogens is 399 g/mol. The van der Waals surface area contributed by atoms with Crippen LogP contribution in [0.4, 0.5) is 5.69 Å². The Labute approximate surface area is 152 Å². The molecule has 116 valence electrons. The number of nitrogens with zero attached hydrogens (tertiary/aromatic N) is 2. The van der Waals surface area contributed by atoms with E-state index in [0.717, 1.165) is 10.0 Å². The fourth-order valence-electron chi connectivity index (χ4n) is 2.22. The molecule has 3 nitrogen and oxygen atoms in total. The summed E-state index contributed by atoms with van der Waals surface area (Å²) in [7, 11) is 0. The summed E-state index contributed by atoms with van der Waals surface area (Å²) in [6.07, 6.45) is 1.73. The Morgan fingerprint density at radius 3 is 2.48 bits per heavy atom. The van der Waals surface area contributed by atoms with Gasteiger partial charge in [-0.05, 0) is 55.0 Å². The predicted octanol–water partition coefficient (Wildman–Crippen LogP) is 5.56. The lowest BCUT2D eigenvalue weighted by Gasteiger charge is -2.11. The number of hydrogen-bond acceptors (Lipinski definition) is 2. The second-order valence-corrected chi connectivity index (χ2v) is 6.76. The maximum absolute atomic E-state index is 12.6. The Hall–Kier alpha value is -1.62. The maximum Gasteiger partial charge on any atom is 0.280 e. The first-order valence-electron chi connectivity index (χ1n) is 6.78. The first-order valence-corrected chi connectivity index (χ1v) is 8.33. The van der Waals surface area contributed by atoms with Gasteiger partial charge in [0.2, 0.25) is 0 Å². The topological polar surface area (TPSA) is 32.7 Å². The summed E-state index contributed by atoms with van der Waals surface area (Å²) in [6, 6.07) is 12.6. The van der Waals surface area contributed by atoms with Crippen LogP contribution in [0, 0.1) is 0 Å². The number of halogens is 3. The fraction of sp³-hybridized carbons (Fsp3) is 0.0588. The lowest BCUT2D eigenvalue weighted by Crippen LogP contribution is -2.21. The Bertz CT molecular complexity index is 844. The molecule has 0 aliphatic carbocycles. The Morgan fingerprint density at radius 1 is 1.13 bits per heavy atom. The summed E-state index contributed by atoms with van der Waals surface area (Å²) < 4.78 is 0.942. The van der Waals surface area contributed by atoms with E-state index in [-0.39, 0.29) is 5.91 Å². The summed E-state index contributed by atoms with van der Waals surface area (Å²) in [4.78, 5) is 12.6. The molecule has 0 saturated carbocycles. The Morgan fingerprint density at radius 2 is 1.83 bits per heavy atom. The van der Waals surface area contributed by atoms with Crippen molar-refractivity contribution < 1.29 is 4.79 Å². The lowest BCUT2D eigenvalue weighted by molar-refractivity contribution is -0.114. The van der Waals surface area contributed by atoms with Crippen LogP contribution in [0.5, 0.6) is 0 Å². The molecule has 23 heavy (non-hydrogen) atoms. The summed E-state index contributed by atoms with van der Waals surface area (Å²) in [6.45, 7) is 1.80. The lowest BCUT2D eigenvalue weighted by atomic mass is 10.1. The van der Waals surface area contributed by atoms with E-state index in [9.17, 15) is 4.79 Å². The second kappa shape index (κ2) is 6.48. The molecule has 0 aromatic heterocycles. The molecule has 0 saturated heterocycles. The molecule has 0 bridgehead atoms. The number of carbonyl (C=O) groups is 1. The number of benzene rings is 2. The molecule has 2 aromatic rings. The van der Waals surface area contributed by atoms with E-state index < -0.39 is 0 Å². The van der Waals surface area contributed by atoms with Gasteiger partial charge in [-0.15, -0.1) is 0 Å². The number of carbonyl (C=O) groups excluding carboxylic acids is 1. The zero-order chi connectivity index (χ0) is 16.6. The highest BCUT2D eigenvalue weighted by atomic mass is 79.9. The molecule has 6 heteroatoms.